The molecule has 2 heteroatoms. The smallest absolute Gasteiger partial charge is 0.309 e. The van der Waals surface area contributed by atoms with Crippen molar-refractivity contribution in [1.29, 1.82) is 0 Å². The maximum Gasteiger partial charge on any atom is 0.309 e. The lowest BCUT2D eigenvalue weighted by Gasteiger charge is -2.52. The second-order valence-electron chi connectivity index (χ2n) is 5.13. The van der Waals surface area contributed by atoms with E-state index < -0.39 is 11.4 Å². The van der Waals surface area contributed by atoms with Crippen LogP contribution in [0.4, 0.5) is 0 Å². The zero-order valence-electron chi connectivity index (χ0n) is 8.35. The summed E-state index contributed by atoms with van der Waals surface area (Å²) in [7, 11) is 0. The second kappa shape index (κ2) is 2.48. The Morgan fingerprint density at radius 1 is 1.33 bits per heavy atom. The van der Waals surface area contributed by atoms with Gasteiger partial charge in [0.15, 0.2) is 0 Å². The highest BCUT2D eigenvalue weighted by Crippen LogP contribution is 2.57. The number of hydrogen-bond donors (Lipinski definition) is 1. The molecule has 1 rings (SSSR count). The lowest BCUT2D eigenvalue weighted by molar-refractivity contribution is -0.170. The Hall–Kier alpha value is -0.530. The number of rotatable bonds is 2. The number of aliphatic carboxylic acids is 1. The van der Waals surface area contributed by atoms with Crippen molar-refractivity contribution in [3.8, 4) is 0 Å². The third-order valence-electron chi connectivity index (χ3n) is 3.12. The Morgan fingerprint density at radius 2 is 1.75 bits per heavy atom. The lowest BCUT2D eigenvalue weighted by Crippen LogP contribution is -2.51. The topological polar surface area (TPSA) is 37.3 Å². The average molecular weight is 170 g/mol. The van der Waals surface area contributed by atoms with Gasteiger partial charge in [-0.05, 0) is 24.2 Å². The first kappa shape index (κ1) is 9.56. The van der Waals surface area contributed by atoms with Crippen LogP contribution in [0.3, 0.4) is 0 Å². The molecule has 0 amide bonds. The highest BCUT2D eigenvalue weighted by atomic mass is 16.4. The van der Waals surface area contributed by atoms with E-state index in [1.165, 1.54) is 0 Å². The first-order chi connectivity index (χ1) is 5.30. The van der Waals surface area contributed by atoms with Crippen LogP contribution in [0.15, 0.2) is 0 Å². The van der Waals surface area contributed by atoms with Crippen LogP contribution in [0.1, 0.15) is 40.5 Å². The molecule has 1 aliphatic rings. The van der Waals surface area contributed by atoms with Crippen molar-refractivity contribution in [2.24, 2.45) is 16.7 Å². The van der Waals surface area contributed by atoms with Gasteiger partial charge in [0.05, 0.1) is 5.41 Å². The lowest BCUT2D eigenvalue weighted by atomic mass is 9.50. The fourth-order valence-corrected chi connectivity index (χ4v) is 2.46. The molecule has 0 aromatic heterocycles. The molecule has 0 bridgehead atoms. The van der Waals surface area contributed by atoms with E-state index in [1.807, 2.05) is 13.8 Å². The van der Waals surface area contributed by atoms with Crippen molar-refractivity contribution >= 4 is 5.97 Å². The van der Waals surface area contributed by atoms with Gasteiger partial charge in [0.25, 0.3) is 0 Å². The summed E-state index contributed by atoms with van der Waals surface area (Å²) in [5.74, 6) is -0.361. The Morgan fingerprint density at radius 3 is 1.83 bits per heavy atom. The Balaban J connectivity index is 2.76. The van der Waals surface area contributed by atoms with Gasteiger partial charge in [0, 0.05) is 0 Å². The molecule has 1 aliphatic carbocycles. The van der Waals surface area contributed by atoms with Crippen LogP contribution in [0.5, 0.6) is 0 Å². The van der Waals surface area contributed by atoms with Crippen molar-refractivity contribution in [3.63, 3.8) is 0 Å². The molecule has 0 aromatic carbocycles. The van der Waals surface area contributed by atoms with Crippen molar-refractivity contribution in [3.05, 3.63) is 0 Å². The van der Waals surface area contributed by atoms with E-state index in [1.54, 1.807) is 0 Å². The molecule has 0 aliphatic heterocycles. The molecule has 0 heterocycles. The van der Waals surface area contributed by atoms with Gasteiger partial charge in [0.2, 0.25) is 0 Å². The van der Waals surface area contributed by atoms with Gasteiger partial charge in [-0.15, -0.1) is 0 Å². The normalized spacial score (nSPS) is 25.1. The summed E-state index contributed by atoms with van der Waals surface area (Å²) in [6, 6.07) is 0. The second-order valence-corrected chi connectivity index (χ2v) is 5.13. The van der Waals surface area contributed by atoms with Crippen molar-refractivity contribution < 1.29 is 9.90 Å². The van der Waals surface area contributed by atoms with Crippen LogP contribution in [0, 0.1) is 16.7 Å². The number of carboxylic acid groups (broad SMARTS) is 1. The van der Waals surface area contributed by atoms with Crippen LogP contribution in [-0.4, -0.2) is 11.1 Å². The van der Waals surface area contributed by atoms with Gasteiger partial charge in [-0.25, -0.2) is 0 Å². The summed E-state index contributed by atoms with van der Waals surface area (Å²) in [4.78, 5) is 11.0. The van der Waals surface area contributed by atoms with E-state index in [9.17, 15) is 4.79 Å². The molecule has 2 nitrogen and oxygen atoms in total. The summed E-state index contributed by atoms with van der Waals surface area (Å²) >= 11 is 0. The molecule has 0 radical (unpaired) electrons. The van der Waals surface area contributed by atoms with Crippen molar-refractivity contribution in [2.75, 3.05) is 0 Å². The van der Waals surface area contributed by atoms with Gasteiger partial charge < -0.3 is 5.11 Å². The summed E-state index contributed by atoms with van der Waals surface area (Å²) in [6.07, 6.45) is 1.65. The minimum absolute atomic E-state index is 0.239. The van der Waals surface area contributed by atoms with Crippen LogP contribution in [0.25, 0.3) is 0 Å². The zero-order valence-corrected chi connectivity index (χ0v) is 8.35. The molecular weight excluding hydrogens is 152 g/mol. The fraction of sp³-hybridized carbons (Fsp3) is 0.900. The number of hydrogen-bond acceptors (Lipinski definition) is 1. The van der Waals surface area contributed by atoms with Gasteiger partial charge in [-0.2, -0.15) is 0 Å². The molecular formula is C10H18O2. The van der Waals surface area contributed by atoms with Crippen LogP contribution in [0.2, 0.25) is 0 Å². The third-order valence-corrected chi connectivity index (χ3v) is 3.12. The van der Waals surface area contributed by atoms with Crippen molar-refractivity contribution in [1.82, 2.24) is 0 Å². The van der Waals surface area contributed by atoms with Gasteiger partial charge >= 0.3 is 5.97 Å². The molecule has 0 saturated heterocycles. The fourth-order valence-electron chi connectivity index (χ4n) is 2.46. The quantitative estimate of drug-likeness (QED) is 0.691. The maximum atomic E-state index is 11.0. The molecule has 0 spiro atoms. The van der Waals surface area contributed by atoms with E-state index in [0.29, 0.717) is 0 Å². The van der Waals surface area contributed by atoms with Crippen LogP contribution >= 0.6 is 0 Å². The van der Waals surface area contributed by atoms with E-state index >= 15 is 0 Å². The van der Waals surface area contributed by atoms with Crippen molar-refractivity contribution in [2.45, 2.75) is 40.5 Å². The SMILES string of the molecule is CC(C)C1(C(=O)O)CC(C)(C)C1. The van der Waals surface area contributed by atoms with E-state index in [-0.39, 0.29) is 11.3 Å². The molecule has 0 aromatic rings. The molecule has 1 fully saturated rings. The maximum absolute atomic E-state index is 11.0. The Kier molecular flexibility index (Phi) is 1.97. The molecule has 12 heavy (non-hydrogen) atoms. The standard InChI is InChI=1S/C10H18O2/c1-7(2)10(8(11)12)5-9(3,4)6-10/h7H,5-6H2,1-4H3,(H,11,12). The Bertz CT molecular complexity index is 196. The van der Waals surface area contributed by atoms with E-state index in [4.69, 9.17) is 5.11 Å². The first-order valence-electron chi connectivity index (χ1n) is 4.54. The monoisotopic (exact) mass is 170 g/mol. The summed E-state index contributed by atoms with van der Waals surface area (Å²) in [5, 5.41) is 9.09. The van der Waals surface area contributed by atoms with E-state index in [2.05, 4.69) is 13.8 Å². The van der Waals surface area contributed by atoms with Gasteiger partial charge in [0.1, 0.15) is 0 Å². The highest BCUT2D eigenvalue weighted by molar-refractivity contribution is 5.76. The van der Waals surface area contributed by atoms with Crippen LogP contribution < -0.4 is 0 Å². The Labute approximate surface area is 74.0 Å². The third kappa shape index (κ3) is 1.23. The zero-order chi connectivity index (χ0) is 9.57. The number of carboxylic acids is 1. The highest BCUT2D eigenvalue weighted by Gasteiger charge is 2.56. The van der Waals surface area contributed by atoms with E-state index in [0.717, 1.165) is 12.8 Å². The van der Waals surface area contributed by atoms with Gasteiger partial charge in [-0.3, -0.25) is 4.79 Å². The molecule has 1 N–H and O–H groups in total. The molecule has 0 unspecified atom stereocenters. The minimum Gasteiger partial charge on any atom is -0.481 e. The predicted molar refractivity (Wildman–Crippen MR) is 47.9 cm³/mol. The average Bonchev–Trinajstić information content (AvgIpc) is 1.80. The predicted octanol–water partition coefficient (Wildman–Crippen LogP) is 2.53. The summed E-state index contributed by atoms with van der Waals surface area (Å²) < 4.78 is 0. The molecule has 0 atom stereocenters. The summed E-state index contributed by atoms with van der Waals surface area (Å²) in [6.45, 7) is 8.28. The summed E-state index contributed by atoms with van der Waals surface area (Å²) in [5.41, 5.74) is -0.188. The molecule has 70 valence electrons. The first-order valence-corrected chi connectivity index (χ1v) is 4.54. The number of carbonyl (C=O) groups is 1. The van der Waals surface area contributed by atoms with Crippen LogP contribution in [-0.2, 0) is 4.79 Å². The largest absolute Gasteiger partial charge is 0.481 e. The molecule has 1 saturated carbocycles. The minimum atomic E-state index is -0.614. The van der Waals surface area contributed by atoms with Gasteiger partial charge in [-0.1, -0.05) is 27.7 Å².